The third kappa shape index (κ3) is 3.10. The monoisotopic (exact) mass is 425 g/mol. The predicted molar refractivity (Wildman–Crippen MR) is 132 cm³/mol. The van der Waals surface area contributed by atoms with Crippen molar-refractivity contribution in [3.05, 3.63) is 124 Å². The molecule has 0 heterocycles. The van der Waals surface area contributed by atoms with Crippen LogP contribution in [-0.4, -0.2) is 14.9 Å². The normalized spacial score (nSPS) is 23.3. The van der Waals surface area contributed by atoms with Gasteiger partial charge in [-0.1, -0.05) is 109 Å². The molecule has 3 aromatic rings. The zero-order valence-corrected chi connectivity index (χ0v) is 19.7. The first-order valence-electron chi connectivity index (χ1n) is 11.3. The Labute approximate surface area is 203 Å². The van der Waals surface area contributed by atoms with Gasteiger partial charge in [-0.25, -0.2) is 0 Å². The maximum atomic E-state index is 7.14. The summed E-state index contributed by atoms with van der Waals surface area (Å²) in [5.74, 6) is 0. The van der Waals surface area contributed by atoms with Crippen molar-refractivity contribution in [1.82, 2.24) is 0 Å². The molecule has 0 fully saturated rings. The average molecular weight is 426 g/mol. The second kappa shape index (κ2) is 8.54. The number of benzene rings is 3. The SMILES string of the molecule is CCO[Si](C1C=Cc2ccccc21)(C1C=Cc2ccccc21)C1C=Cc2ccccc21.[Li+]. The topological polar surface area (TPSA) is 9.23 Å². The third-order valence-electron chi connectivity index (χ3n) is 7.25. The van der Waals surface area contributed by atoms with Gasteiger partial charge >= 0.3 is 18.9 Å². The molecule has 3 aliphatic rings. The van der Waals surface area contributed by atoms with Gasteiger partial charge in [0.25, 0.3) is 0 Å². The second-order valence-electron chi connectivity index (χ2n) is 8.68. The van der Waals surface area contributed by atoms with E-state index in [1.807, 2.05) is 0 Å². The molecule has 32 heavy (non-hydrogen) atoms. The van der Waals surface area contributed by atoms with Gasteiger partial charge in [-0.3, -0.25) is 0 Å². The molecule has 0 saturated carbocycles. The van der Waals surface area contributed by atoms with Crippen molar-refractivity contribution in [2.75, 3.05) is 6.61 Å². The van der Waals surface area contributed by atoms with Gasteiger partial charge in [-0.2, -0.15) is 0 Å². The van der Waals surface area contributed by atoms with Gasteiger partial charge in [-0.15, -0.1) is 0 Å². The summed E-state index contributed by atoms with van der Waals surface area (Å²) in [7, 11) is -2.51. The number of allylic oxidation sites excluding steroid dienone is 3. The summed E-state index contributed by atoms with van der Waals surface area (Å²) >= 11 is 0. The van der Waals surface area contributed by atoms with Crippen LogP contribution in [0.1, 0.15) is 56.9 Å². The maximum Gasteiger partial charge on any atom is 1.00 e. The molecule has 3 unspecified atom stereocenters. The minimum Gasteiger partial charge on any atom is -0.414 e. The second-order valence-corrected chi connectivity index (χ2v) is 12.5. The van der Waals surface area contributed by atoms with Gasteiger partial charge in [0.05, 0.1) is 0 Å². The van der Waals surface area contributed by atoms with Crippen molar-refractivity contribution in [3.63, 3.8) is 0 Å². The Balaban J connectivity index is 0.00000216. The van der Waals surface area contributed by atoms with E-state index in [1.165, 1.54) is 33.4 Å². The van der Waals surface area contributed by atoms with Crippen LogP contribution in [0, 0.1) is 0 Å². The molecule has 0 spiro atoms. The van der Waals surface area contributed by atoms with Gasteiger partial charge < -0.3 is 4.43 Å². The molecule has 0 bridgehead atoms. The number of hydrogen-bond donors (Lipinski definition) is 0. The molecule has 3 aromatic carbocycles. The summed E-state index contributed by atoms with van der Waals surface area (Å²) in [6.45, 7) is 2.90. The van der Waals surface area contributed by atoms with Crippen LogP contribution in [0.2, 0.25) is 0 Å². The smallest absolute Gasteiger partial charge is 0.414 e. The van der Waals surface area contributed by atoms with E-state index in [1.54, 1.807) is 0 Å². The minimum atomic E-state index is -2.51. The van der Waals surface area contributed by atoms with Crippen LogP contribution >= 0.6 is 0 Å². The Morgan fingerprint density at radius 1 is 0.594 bits per heavy atom. The van der Waals surface area contributed by atoms with Crippen molar-refractivity contribution >= 4 is 26.5 Å². The fraction of sp³-hybridized carbons (Fsp3) is 0.172. The summed E-state index contributed by atoms with van der Waals surface area (Å²) in [5.41, 5.74) is 9.24. The van der Waals surface area contributed by atoms with Gasteiger partial charge in [0.1, 0.15) is 0 Å². The molecule has 6 rings (SSSR count). The summed E-state index contributed by atoms with van der Waals surface area (Å²) in [6.07, 6.45) is 14.3. The number of hydrogen-bond acceptors (Lipinski definition) is 1. The van der Waals surface area contributed by atoms with Crippen LogP contribution in [-0.2, 0) is 4.43 Å². The van der Waals surface area contributed by atoms with Crippen LogP contribution in [0.4, 0.5) is 0 Å². The minimum absolute atomic E-state index is 0. The Morgan fingerprint density at radius 3 is 1.28 bits per heavy atom. The van der Waals surface area contributed by atoms with Crippen LogP contribution in [0.15, 0.2) is 91.0 Å². The average Bonchev–Trinajstić information content (AvgIpc) is 3.54. The molecule has 0 saturated heterocycles. The molecule has 0 aromatic heterocycles. The fourth-order valence-corrected chi connectivity index (χ4v) is 11.7. The first-order valence-corrected chi connectivity index (χ1v) is 13.4. The molecule has 3 aliphatic carbocycles. The number of fused-ring (bicyclic) bond motifs is 3. The van der Waals surface area contributed by atoms with E-state index in [2.05, 4.69) is 116 Å². The first kappa shape index (κ1) is 21.5. The van der Waals surface area contributed by atoms with E-state index in [0.717, 1.165) is 6.61 Å². The molecule has 3 atom stereocenters. The van der Waals surface area contributed by atoms with E-state index >= 15 is 0 Å². The largest absolute Gasteiger partial charge is 1.00 e. The van der Waals surface area contributed by atoms with Crippen LogP contribution in [0.5, 0.6) is 0 Å². The van der Waals surface area contributed by atoms with Crippen LogP contribution in [0.25, 0.3) is 18.2 Å². The quantitative estimate of drug-likeness (QED) is 0.561. The molecule has 0 radical (unpaired) electrons. The van der Waals surface area contributed by atoms with Crippen molar-refractivity contribution < 1.29 is 23.3 Å². The Morgan fingerprint density at radius 2 is 0.938 bits per heavy atom. The molecule has 0 N–H and O–H groups in total. The van der Waals surface area contributed by atoms with Gasteiger partial charge in [0.15, 0.2) is 0 Å². The van der Waals surface area contributed by atoms with E-state index in [-0.39, 0.29) is 18.9 Å². The Kier molecular flexibility index (Phi) is 5.74. The summed E-state index contributed by atoms with van der Waals surface area (Å²) < 4.78 is 7.14. The van der Waals surface area contributed by atoms with Crippen molar-refractivity contribution in [1.29, 1.82) is 0 Å². The van der Waals surface area contributed by atoms with Gasteiger partial charge in [0, 0.05) is 23.2 Å². The van der Waals surface area contributed by atoms with Gasteiger partial charge in [0.2, 0.25) is 8.32 Å². The van der Waals surface area contributed by atoms with Crippen molar-refractivity contribution in [2.45, 2.75) is 23.5 Å². The van der Waals surface area contributed by atoms with E-state index in [0.29, 0.717) is 16.6 Å². The molecule has 0 aliphatic heterocycles. The standard InChI is InChI=1S/C29H26OSi.Li/c1-2-30-31(27-18-15-21-9-3-6-12-24(21)27,28-19-16-22-10-4-7-13-25(22)28)29-20-17-23-11-5-8-14-26(23)29;/h3-20,27-29H,2H2,1H3;/q;+1. The van der Waals surface area contributed by atoms with E-state index in [9.17, 15) is 0 Å². The fourth-order valence-electron chi connectivity index (χ4n) is 6.03. The zero-order valence-electron chi connectivity index (χ0n) is 18.7. The summed E-state index contributed by atoms with van der Waals surface area (Å²) in [5, 5.41) is 0. The third-order valence-corrected chi connectivity index (χ3v) is 12.5. The molecule has 0 amide bonds. The predicted octanol–water partition coefficient (Wildman–Crippen LogP) is 4.02. The Bertz CT molecular complexity index is 1090. The molecular weight excluding hydrogens is 399 g/mol. The Hall–Kier alpha value is -2.35. The number of rotatable bonds is 5. The van der Waals surface area contributed by atoms with E-state index in [4.69, 9.17) is 4.43 Å². The molecular formula is C29H26LiOSi+. The zero-order chi connectivity index (χ0) is 20.8. The van der Waals surface area contributed by atoms with Crippen LogP contribution < -0.4 is 18.9 Å². The first-order chi connectivity index (χ1) is 15.3. The summed E-state index contributed by atoms with van der Waals surface area (Å²) in [4.78, 5) is 0. The molecule has 1 nitrogen and oxygen atoms in total. The molecule has 152 valence electrons. The van der Waals surface area contributed by atoms with Crippen molar-refractivity contribution in [2.24, 2.45) is 0 Å². The van der Waals surface area contributed by atoms with Crippen molar-refractivity contribution in [3.8, 4) is 0 Å². The summed E-state index contributed by atoms with van der Waals surface area (Å²) in [6, 6.07) is 26.7. The van der Waals surface area contributed by atoms with E-state index < -0.39 is 8.32 Å². The molecule has 3 heteroatoms. The van der Waals surface area contributed by atoms with Gasteiger partial charge in [-0.05, 0) is 40.3 Å². The van der Waals surface area contributed by atoms with Crippen LogP contribution in [0.3, 0.4) is 0 Å². The maximum absolute atomic E-state index is 7.14.